The molecular formula is C51H46N3OPt-. The standard InChI is InChI=1S/C51H46N3O.Pt/c1-33(2)27-35-21-24-46(44(28-35)37-13-8-7-9-14-37)54-47-17-12-16-42(49(47)53-50(54)43-15-10-11-18-48(43)55)39-29-40(31-41(30-39)51(4,5)6)45-32-38(25-26-52-45)36-22-19-34(3)20-23-36;/h7-26,28,30-33,55H,27H2,1-6H3;/q-1;/i19D,20D,22D,23D,25D,26D,32D;. The summed E-state index contributed by atoms with van der Waals surface area (Å²) in [5, 5.41) is 11.4. The van der Waals surface area contributed by atoms with Crippen molar-refractivity contribution in [3.05, 3.63) is 168 Å². The van der Waals surface area contributed by atoms with Crippen LogP contribution in [0.3, 0.4) is 0 Å². The smallest absolute Gasteiger partial charge is 0.148 e. The second-order valence-electron chi connectivity index (χ2n) is 15.4. The molecule has 0 saturated heterocycles. The predicted molar refractivity (Wildman–Crippen MR) is 229 cm³/mol. The SMILES string of the molecule is [2H]c1nc(-c2[c-]c(-c3cccc4c3nc(-c3ccccc3O)n4-c3ccc(CC(C)C)cc3-c3ccccc3)cc(C(C)(C)C)c2)c([2H])c(-c2c([2H])c([2H])c(C)c([2H])c2[2H])c1[2H].[Pt]. The van der Waals surface area contributed by atoms with Crippen LogP contribution in [0.1, 0.15) is 60.9 Å². The molecule has 0 aliphatic heterocycles. The Bertz CT molecular complexity index is 3040. The number of phenols is 1. The molecule has 8 aromatic rings. The van der Waals surface area contributed by atoms with Crippen LogP contribution in [0.2, 0.25) is 0 Å². The Morgan fingerprint density at radius 3 is 2.20 bits per heavy atom. The number of nitrogens with zero attached hydrogens (tertiary/aromatic N) is 3. The van der Waals surface area contributed by atoms with Crippen LogP contribution in [0.15, 0.2) is 146 Å². The third-order valence-corrected chi connectivity index (χ3v) is 9.73. The van der Waals surface area contributed by atoms with Gasteiger partial charge in [-0.3, -0.25) is 9.55 Å². The molecule has 1 N–H and O–H groups in total. The van der Waals surface area contributed by atoms with Crippen molar-refractivity contribution in [3.8, 4) is 67.5 Å². The van der Waals surface area contributed by atoms with E-state index < -0.39 is 17.6 Å². The summed E-state index contributed by atoms with van der Waals surface area (Å²) in [6.07, 6.45) is 0.434. The van der Waals surface area contributed by atoms with E-state index in [1.165, 1.54) is 12.5 Å². The molecule has 0 fully saturated rings. The Balaban J connectivity index is 0.00000595. The van der Waals surface area contributed by atoms with E-state index in [0.29, 0.717) is 33.9 Å². The van der Waals surface area contributed by atoms with Gasteiger partial charge in [-0.1, -0.05) is 142 Å². The largest absolute Gasteiger partial charge is 0.507 e. The molecule has 4 nitrogen and oxygen atoms in total. The Morgan fingerprint density at radius 1 is 0.750 bits per heavy atom. The van der Waals surface area contributed by atoms with Crippen LogP contribution in [0.5, 0.6) is 5.75 Å². The van der Waals surface area contributed by atoms with Crippen LogP contribution >= 0.6 is 0 Å². The molecule has 0 spiro atoms. The molecule has 2 aromatic heterocycles. The van der Waals surface area contributed by atoms with Gasteiger partial charge in [0.25, 0.3) is 0 Å². The Morgan fingerprint density at radius 2 is 1.46 bits per heavy atom. The normalized spacial score (nSPS) is 13.3. The number of pyridine rings is 1. The number of imidazole rings is 1. The van der Waals surface area contributed by atoms with E-state index in [0.717, 1.165) is 39.9 Å². The third kappa shape index (κ3) is 7.77. The zero-order valence-electron chi connectivity index (χ0n) is 39.2. The number of rotatable bonds is 8. The summed E-state index contributed by atoms with van der Waals surface area (Å²) >= 11 is 0. The van der Waals surface area contributed by atoms with Gasteiger partial charge in [-0.05, 0) is 83.3 Å². The van der Waals surface area contributed by atoms with Crippen LogP contribution in [0.25, 0.3) is 72.7 Å². The van der Waals surface area contributed by atoms with E-state index in [4.69, 9.17) is 13.2 Å². The number of phenolic OH excluding ortho intramolecular Hbond substituents is 1. The van der Waals surface area contributed by atoms with Gasteiger partial charge in [-0.25, -0.2) is 4.98 Å². The minimum atomic E-state index is -0.471. The van der Waals surface area contributed by atoms with Gasteiger partial charge in [-0.2, -0.15) is 0 Å². The molecule has 5 heteroatoms. The fourth-order valence-electron chi connectivity index (χ4n) is 6.97. The molecule has 6 aromatic carbocycles. The van der Waals surface area contributed by atoms with Crippen molar-refractivity contribution in [1.29, 1.82) is 0 Å². The molecule has 0 radical (unpaired) electrons. The average Bonchev–Trinajstić information content (AvgIpc) is 3.64. The molecule has 8 rings (SSSR count). The number of para-hydroxylation sites is 2. The topological polar surface area (TPSA) is 50.9 Å². The number of hydrogen-bond acceptors (Lipinski definition) is 3. The minimum absolute atomic E-state index is 0. The van der Waals surface area contributed by atoms with Crippen molar-refractivity contribution in [2.75, 3.05) is 0 Å². The summed E-state index contributed by atoms with van der Waals surface area (Å²) in [4.78, 5) is 9.77. The molecule has 0 unspecified atom stereocenters. The van der Waals surface area contributed by atoms with E-state index in [1.807, 2.05) is 60.7 Å². The quantitative estimate of drug-likeness (QED) is 0.155. The van der Waals surface area contributed by atoms with Crippen molar-refractivity contribution in [3.63, 3.8) is 0 Å². The molecule has 0 saturated carbocycles. The van der Waals surface area contributed by atoms with Gasteiger partial charge in [-0.15, -0.1) is 29.3 Å². The van der Waals surface area contributed by atoms with Gasteiger partial charge in [0.05, 0.1) is 31.9 Å². The van der Waals surface area contributed by atoms with Crippen molar-refractivity contribution in [2.24, 2.45) is 5.92 Å². The fraction of sp³-hybridized carbons (Fsp3) is 0.176. The van der Waals surface area contributed by atoms with Crippen LogP contribution < -0.4 is 0 Å². The summed E-state index contributed by atoms with van der Waals surface area (Å²) in [6, 6.07) is 35.1. The number of fused-ring (bicyclic) bond motifs is 1. The zero-order valence-corrected chi connectivity index (χ0v) is 34.5. The second-order valence-corrected chi connectivity index (χ2v) is 15.4. The maximum Gasteiger partial charge on any atom is 0.148 e. The second kappa shape index (κ2) is 15.9. The van der Waals surface area contributed by atoms with Crippen molar-refractivity contribution in [1.82, 2.24) is 14.5 Å². The summed E-state index contributed by atoms with van der Waals surface area (Å²) in [5.41, 5.74) is 8.02. The Kier molecular flexibility index (Phi) is 8.69. The number of hydrogen-bond donors (Lipinski definition) is 1. The predicted octanol–water partition coefficient (Wildman–Crippen LogP) is 13.1. The number of aromatic nitrogens is 3. The maximum absolute atomic E-state index is 11.4. The van der Waals surface area contributed by atoms with E-state index in [1.54, 1.807) is 12.1 Å². The summed E-state index contributed by atoms with van der Waals surface area (Å²) in [5.74, 6) is 1.07. The van der Waals surface area contributed by atoms with Gasteiger partial charge in [0.15, 0.2) is 0 Å². The number of benzene rings is 6. The first-order valence-corrected chi connectivity index (χ1v) is 18.6. The summed E-state index contributed by atoms with van der Waals surface area (Å²) in [6.45, 7) is 12.1. The molecule has 282 valence electrons. The van der Waals surface area contributed by atoms with Gasteiger partial charge in [0, 0.05) is 38.5 Å². The molecule has 0 aliphatic carbocycles. The van der Waals surface area contributed by atoms with Crippen molar-refractivity contribution < 1.29 is 35.8 Å². The van der Waals surface area contributed by atoms with Gasteiger partial charge >= 0.3 is 0 Å². The summed E-state index contributed by atoms with van der Waals surface area (Å²) < 4.78 is 63.7. The van der Waals surface area contributed by atoms with E-state index in [2.05, 4.69) is 80.6 Å². The summed E-state index contributed by atoms with van der Waals surface area (Å²) in [7, 11) is 0. The molecular weight excluding hydrogens is 866 g/mol. The van der Waals surface area contributed by atoms with Gasteiger partial charge < -0.3 is 5.11 Å². The molecule has 0 bridgehead atoms. The number of aromatic hydroxyl groups is 1. The Labute approximate surface area is 355 Å². The van der Waals surface area contributed by atoms with Crippen molar-refractivity contribution in [2.45, 2.75) is 53.4 Å². The molecule has 56 heavy (non-hydrogen) atoms. The molecule has 0 aliphatic rings. The monoisotopic (exact) mass is 918 g/mol. The van der Waals surface area contributed by atoms with Crippen LogP contribution in [-0.4, -0.2) is 19.6 Å². The van der Waals surface area contributed by atoms with Gasteiger partial charge in [0.2, 0.25) is 0 Å². The van der Waals surface area contributed by atoms with Crippen molar-refractivity contribution >= 4 is 11.0 Å². The van der Waals surface area contributed by atoms with Crippen LogP contribution in [-0.2, 0) is 32.9 Å². The first-order chi connectivity index (χ1) is 29.5. The van der Waals surface area contributed by atoms with E-state index in [9.17, 15) is 6.48 Å². The first-order valence-electron chi connectivity index (χ1n) is 22.1. The molecule has 0 amide bonds. The average molecular weight is 919 g/mol. The zero-order chi connectivity index (χ0) is 44.4. The third-order valence-electron chi connectivity index (χ3n) is 9.73. The first kappa shape index (κ1) is 30.6. The Hall–Kier alpha value is -5.57. The molecule has 0 atom stereocenters. The van der Waals surface area contributed by atoms with Crippen LogP contribution in [0, 0.1) is 18.9 Å². The van der Waals surface area contributed by atoms with Crippen LogP contribution in [0.4, 0.5) is 0 Å². The maximum atomic E-state index is 11.4. The van der Waals surface area contributed by atoms with E-state index >= 15 is 0 Å². The fourth-order valence-corrected chi connectivity index (χ4v) is 6.97. The molecule has 2 heterocycles. The van der Waals surface area contributed by atoms with E-state index in [-0.39, 0.29) is 79.4 Å². The minimum Gasteiger partial charge on any atom is -0.507 e. The van der Waals surface area contributed by atoms with Gasteiger partial charge in [0.1, 0.15) is 11.6 Å².